The lowest BCUT2D eigenvalue weighted by Crippen LogP contribution is -2.43. The molecule has 18 heavy (non-hydrogen) atoms. The van der Waals surface area contributed by atoms with Crippen LogP contribution < -0.4 is 5.73 Å². The van der Waals surface area contributed by atoms with E-state index in [1.54, 1.807) is 4.90 Å². The quantitative estimate of drug-likeness (QED) is 0.847. The molecule has 0 spiro atoms. The molecule has 1 aliphatic rings. The Morgan fingerprint density at radius 2 is 2.11 bits per heavy atom. The van der Waals surface area contributed by atoms with E-state index in [2.05, 4.69) is 10.2 Å². The van der Waals surface area contributed by atoms with Gasteiger partial charge in [0.05, 0.1) is 6.61 Å². The van der Waals surface area contributed by atoms with Gasteiger partial charge < -0.3 is 15.7 Å². The third kappa shape index (κ3) is 2.97. The lowest BCUT2D eigenvalue weighted by atomic mass is 9.94. The molecule has 0 unspecified atom stereocenters. The fraction of sp³-hybridized carbons (Fsp3) is 0.727. The van der Waals surface area contributed by atoms with Crippen LogP contribution in [0.15, 0.2) is 0 Å². The van der Waals surface area contributed by atoms with Crippen LogP contribution in [0.1, 0.15) is 41.9 Å². The maximum absolute atomic E-state index is 12.3. The predicted octanol–water partition coefficient (Wildman–Crippen LogP) is 0.887. The molecule has 1 heterocycles. The topological polar surface area (TPSA) is 92.3 Å². The van der Waals surface area contributed by atoms with Gasteiger partial charge in [-0.05, 0) is 12.8 Å². The number of hydrogen-bond acceptors (Lipinski definition) is 6. The number of rotatable bonds is 4. The molecule has 0 aliphatic heterocycles. The van der Waals surface area contributed by atoms with Gasteiger partial charge in [-0.3, -0.25) is 4.79 Å². The highest BCUT2D eigenvalue weighted by atomic mass is 32.1. The van der Waals surface area contributed by atoms with Crippen molar-refractivity contribution in [3.05, 3.63) is 5.01 Å². The molecule has 100 valence electrons. The molecule has 7 heteroatoms. The van der Waals surface area contributed by atoms with E-state index in [1.807, 2.05) is 0 Å². The second-order valence-electron chi connectivity index (χ2n) is 4.46. The number of aliphatic hydroxyl groups excluding tert-OH is 1. The van der Waals surface area contributed by atoms with E-state index in [-0.39, 0.29) is 18.6 Å². The van der Waals surface area contributed by atoms with Gasteiger partial charge in [-0.15, -0.1) is 10.2 Å². The van der Waals surface area contributed by atoms with E-state index in [1.165, 1.54) is 6.42 Å². The van der Waals surface area contributed by atoms with E-state index in [0.29, 0.717) is 16.7 Å². The average Bonchev–Trinajstić information content (AvgIpc) is 2.83. The molecule has 1 aromatic rings. The molecular formula is C11H18N4O2S. The molecule has 3 N–H and O–H groups in total. The van der Waals surface area contributed by atoms with Crippen molar-refractivity contribution in [1.82, 2.24) is 15.1 Å². The first-order valence-electron chi connectivity index (χ1n) is 6.23. The Hall–Kier alpha value is -1.21. The normalized spacial score (nSPS) is 16.7. The number of amides is 1. The van der Waals surface area contributed by atoms with Crippen LogP contribution in [-0.4, -0.2) is 45.3 Å². The highest BCUT2D eigenvalue weighted by Crippen LogP contribution is 2.24. The maximum Gasteiger partial charge on any atom is 0.285 e. The van der Waals surface area contributed by atoms with Crippen molar-refractivity contribution in [3.63, 3.8) is 0 Å². The van der Waals surface area contributed by atoms with Crippen molar-refractivity contribution in [2.75, 3.05) is 18.9 Å². The Kier molecular flexibility index (Phi) is 4.48. The Bertz CT molecular complexity index is 404. The fourth-order valence-electron chi connectivity index (χ4n) is 2.39. The summed E-state index contributed by atoms with van der Waals surface area (Å²) < 4.78 is 0. The number of carbonyl (C=O) groups excluding carboxylic acids is 1. The molecule has 2 rings (SSSR count). The zero-order chi connectivity index (χ0) is 13.0. The molecule has 1 amide bonds. The van der Waals surface area contributed by atoms with Gasteiger partial charge in [-0.2, -0.15) is 0 Å². The van der Waals surface area contributed by atoms with Gasteiger partial charge in [0.1, 0.15) is 0 Å². The van der Waals surface area contributed by atoms with Crippen LogP contribution in [-0.2, 0) is 0 Å². The number of aromatic nitrogens is 2. The minimum atomic E-state index is -0.162. The van der Waals surface area contributed by atoms with E-state index >= 15 is 0 Å². The summed E-state index contributed by atoms with van der Waals surface area (Å²) in [5, 5.41) is 17.2. The van der Waals surface area contributed by atoms with Crippen molar-refractivity contribution < 1.29 is 9.90 Å². The Morgan fingerprint density at radius 3 is 2.67 bits per heavy atom. The number of anilines is 1. The summed E-state index contributed by atoms with van der Waals surface area (Å²) >= 11 is 1.10. The second-order valence-corrected chi connectivity index (χ2v) is 5.47. The number of nitrogens with two attached hydrogens (primary N) is 1. The van der Waals surface area contributed by atoms with Crippen LogP contribution in [0, 0.1) is 0 Å². The third-order valence-corrected chi connectivity index (χ3v) is 3.98. The van der Waals surface area contributed by atoms with Crippen LogP contribution in [0.5, 0.6) is 0 Å². The smallest absolute Gasteiger partial charge is 0.285 e. The second kappa shape index (κ2) is 6.10. The molecule has 0 saturated heterocycles. The van der Waals surface area contributed by atoms with E-state index in [4.69, 9.17) is 10.8 Å². The molecule has 0 aromatic carbocycles. The summed E-state index contributed by atoms with van der Waals surface area (Å²) in [6.07, 6.45) is 5.50. The summed E-state index contributed by atoms with van der Waals surface area (Å²) in [5.74, 6) is -0.162. The number of hydrogen-bond donors (Lipinski definition) is 2. The Labute approximate surface area is 110 Å². The molecule has 0 bridgehead atoms. The molecule has 6 nitrogen and oxygen atoms in total. The summed E-state index contributed by atoms with van der Waals surface area (Å²) in [6, 6.07) is 0.212. The zero-order valence-electron chi connectivity index (χ0n) is 10.2. The molecule has 1 aromatic heterocycles. The number of aliphatic hydroxyl groups is 1. The lowest BCUT2D eigenvalue weighted by Gasteiger charge is -2.33. The highest BCUT2D eigenvalue weighted by Gasteiger charge is 2.27. The molecule has 1 aliphatic carbocycles. The number of nitrogens with zero attached hydrogens (tertiary/aromatic N) is 3. The van der Waals surface area contributed by atoms with Gasteiger partial charge in [-0.1, -0.05) is 30.6 Å². The monoisotopic (exact) mass is 270 g/mol. The summed E-state index contributed by atoms with van der Waals surface area (Å²) in [4.78, 5) is 14.0. The number of nitrogen functional groups attached to an aromatic ring is 1. The minimum absolute atomic E-state index is 0.0312. The summed E-state index contributed by atoms with van der Waals surface area (Å²) in [6.45, 7) is 0.319. The van der Waals surface area contributed by atoms with Crippen LogP contribution in [0.3, 0.4) is 0 Å². The molecule has 0 radical (unpaired) electrons. The third-order valence-electron chi connectivity index (χ3n) is 3.24. The van der Waals surface area contributed by atoms with Gasteiger partial charge in [0.15, 0.2) is 0 Å². The van der Waals surface area contributed by atoms with E-state index < -0.39 is 0 Å². The van der Waals surface area contributed by atoms with Crippen LogP contribution in [0.4, 0.5) is 5.13 Å². The SMILES string of the molecule is Nc1nnc(C(=O)N(CCO)C2CCCCC2)s1. The molecule has 0 atom stereocenters. The number of carbonyl (C=O) groups is 1. The van der Waals surface area contributed by atoms with Gasteiger partial charge >= 0.3 is 0 Å². The first-order chi connectivity index (χ1) is 8.72. The minimum Gasteiger partial charge on any atom is -0.395 e. The zero-order valence-corrected chi connectivity index (χ0v) is 11.0. The maximum atomic E-state index is 12.3. The Morgan fingerprint density at radius 1 is 1.39 bits per heavy atom. The van der Waals surface area contributed by atoms with Gasteiger partial charge in [0.2, 0.25) is 10.1 Å². The molecule has 1 saturated carbocycles. The highest BCUT2D eigenvalue weighted by molar-refractivity contribution is 7.16. The fourth-order valence-corrected chi connectivity index (χ4v) is 2.96. The van der Waals surface area contributed by atoms with Gasteiger partial charge in [-0.25, -0.2) is 0 Å². The van der Waals surface area contributed by atoms with Crippen LogP contribution in [0.25, 0.3) is 0 Å². The molecular weight excluding hydrogens is 252 g/mol. The van der Waals surface area contributed by atoms with Gasteiger partial charge in [0.25, 0.3) is 5.91 Å². The van der Waals surface area contributed by atoms with Crippen molar-refractivity contribution in [3.8, 4) is 0 Å². The standard InChI is InChI=1S/C11H18N4O2S/c12-11-14-13-9(18-11)10(17)15(6-7-16)8-4-2-1-3-5-8/h8,16H,1-7H2,(H2,12,14). The van der Waals surface area contributed by atoms with Crippen molar-refractivity contribution in [2.45, 2.75) is 38.1 Å². The van der Waals surface area contributed by atoms with Crippen molar-refractivity contribution in [1.29, 1.82) is 0 Å². The molecule has 1 fully saturated rings. The largest absolute Gasteiger partial charge is 0.395 e. The lowest BCUT2D eigenvalue weighted by molar-refractivity contribution is 0.0584. The first kappa shape index (κ1) is 13.2. The van der Waals surface area contributed by atoms with Crippen molar-refractivity contribution in [2.24, 2.45) is 0 Å². The van der Waals surface area contributed by atoms with E-state index in [9.17, 15) is 4.79 Å². The average molecular weight is 270 g/mol. The Balaban J connectivity index is 2.10. The first-order valence-corrected chi connectivity index (χ1v) is 7.05. The van der Waals surface area contributed by atoms with Crippen LogP contribution >= 0.6 is 11.3 Å². The van der Waals surface area contributed by atoms with E-state index in [0.717, 1.165) is 37.0 Å². The summed E-state index contributed by atoms with van der Waals surface area (Å²) in [5.41, 5.74) is 5.49. The van der Waals surface area contributed by atoms with Crippen LogP contribution in [0.2, 0.25) is 0 Å². The summed E-state index contributed by atoms with van der Waals surface area (Å²) in [7, 11) is 0. The van der Waals surface area contributed by atoms with Crippen molar-refractivity contribution >= 4 is 22.4 Å². The van der Waals surface area contributed by atoms with Gasteiger partial charge in [0, 0.05) is 12.6 Å². The predicted molar refractivity (Wildman–Crippen MR) is 69.3 cm³/mol.